The molecule has 3 aromatic carbocycles. The molecule has 0 amide bonds. The van der Waals surface area contributed by atoms with Crippen LogP contribution >= 0.6 is 8.69 Å². The third-order valence-corrected chi connectivity index (χ3v) is 3.10. The van der Waals surface area contributed by atoms with Gasteiger partial charge in [-0.1, -0.05) is 84.9 Å². The highest BCUT2D eigenvalue weighted by Gasteiger charge is 2.05. The van der Waals surface area contributed by atoms with E-state index in [1.54, 1.807) is 0 Å². The molecule has 0 aliphatic carbocycles. The van der Waals surface area contributed by atoms with Crippen LogP contribution in [0.25, 0.3) is 22.3 Å². The molecule has 21 heavy (non-hydrogen) atoms. The zero-order valence-corrected chi connectivity index (χ0v) is 12.4. The van der Waals surface area contributed by atoms with Gasteiger partial charge in [-0.15, -0.1) is 0 Å². The zero-order valence-electron chi connectivity index (χ0n) is 11.4. The van der Waals surface area contributed by atoms with E-state index in [2.05, 4.69) is 84.9 Å². The van der Waals surface area contributed by atoms with Gasteiger partial charge >= 0.3 is 8.69 Å². The second-order valence-corrected chi connectivity index (χ2v) is 4.55. The molecular weight excluding hydrogens is 279 g/mol. The van der Waals surface area contributed by atoms with E-state index in [0.29, 0.717) is 0 Å². The highest BCUT2D eigenvalue weighted by Crippen LogP contribution is 2.31. The summed E-state index contributed by atoms with van der Waals surface area (Å²) in [4.78, 5) is 7.04. The summed E-state index contributed by atoms with van der Waals surface area (Å²) >= 11 is 0. The van der Waals surface area contributed by atoms with Crippen LogP contribution in [-0.2, 0) is 4.57 Å². The zero-order chi connectivity index (χ0) is 14.9. The molecule has 0 aliphatic rings. The van der Waals surface area contributed by atoms with Crippen LogP contribution in [0.2, 0.25) is 0 Å². The first-order valence-electron chi connectivity index (χ1n) is 6.58. The predicted octanol–water partition coefficient (Wildman–Crippen LogP) is 4.94. The Hall–Kier alpha value is -2.28. The Balaban J connectivity index is 0.000000497. The van der Waals surface area contributed by atoms with E-state index in [-0.39, 0.29) is 0 Å². The van der Waals surface area contributed by atoms with Crippen LogP contribution < -0.4 is 0 Å². The molecule has 2 nitrogen and oxygen atoms in total. The quantitative estimate of drug-likeness (QED) is 0.680. The van der Waals surface area contributed by atoms with E-state index in [4.69, 9.17) is 9.46 Å². The second kappa shape index (κ2) is 8.11. The SMILES string of the molecule is O=[PH+]O.c1ccc(-c2ccccc2-c2ccccc2)cc1. The topological polar surface area (TPSA) is 37.3 Å². The monoisotopic (exact) mass is 295 g/mol. The van der Waals surface area contributed by atoms with Gasteiger partial charge in [-0.05, 0) is 26.8 Å². The van der Waals surface area contributed by atoms with Crippen molar-refractivity contribution in [3.05, 3.63) is 84.9 Å². The molecule has 0 bridgehead atoms. The summed E-state index contributed by atoms with van der Waals surface area (Å²) in [6.07, 6.45) is 0. The lowest BCUT2D eigenvalue weighted by Gasteiger charge is -2.09. The molecular formula is C18H16O2P+. The Labute approximate surface area is 126 Å². The minimum Gasteiger partial charge on any atom is -0.162 e. The van der Waals surface area contributed by atoms with Gasteiger partial charge in [0.05, 0.1) is 0 Å². The average molecular weight is 295 g/mol. The van der Waals surface area contributed by atoms with Crippen molar-refractivity contribution in [1.82, 2.24) is 0 Å². The molecule has 0 saturated heterocycles. The molecule has 104 valence electrons. The Morgan fingerprint density at radius 2 is 0.857 bits per heavy atom. The third-order valence-electron chi connectivity index (χ3n) is 3.10. The summed E-state index contributed by atoms with van der Waals surface area (Å²) in [5, 5.41) is 0. The molecule has 3 rings (SSSR count). The number of benzene rings is 3. The van der Waals surface area contributed by atoms with E-state index >= 15 is 0 Å². The normalized spacial score (nSPS) is 9.76. The molecule has 1 atom stereocenters. The highest BCUT2D eigenvalue weighted by atomic mass is 31.1. The average Bonchev–Trinajstić information content (AvgIpc) is 2.57. The van der Waals surface area contributed by atoms with Crippen LogP contribution in [0.5, 0.6) is 0 Å². The first-order chi connectivity index (χ1) is 10.4. The fourth-order valence-electron chi connectivity index (χ4n) is 2.22. The maximum Gasteiger partial charge on any atom is 0.491 e. The summed E-state index contributed by atoms with van der Waals surface area (Å²) in [6, 6.07) is 29.6. The van der Waals surface area contributed by atoms with Gasteiger partial charge in [0, 0.05) is 0 Å². The summed E-state index contributed by atoms with van der Waals surface area (Å²) in [5.74, 6) is 0. The molecule has 1 N–H and O–H groups in total. The Kier molecular flexibility index (Phi) is 5.83. The summed E-state index contributed by atoms with van der Waals surface area (Å²) < 4.78 is 8.51. The van der Waals surface area contributed by atoms with Crippen LogP contribution in [0.4, 0.5) is 0 Å². The minimum atomic E-state index is -1.17. The third kappa shape index (κ3) is 4.09. The van der Waals surface area contributed by atoms with Crippen molar-refractivity contribution in [3.8, 4) is 22.3 Å². The largest absolute Gasteiger partial charge is 0.491 e. The van der Waals surface area contributed by atoms with E-state index < -0.39 is 8.69 Å². The summed E-state index contributed by atoms with van der Waals surface area (Å²) in [6.45, 7) is 0. The lowest BCUT2D eigenvalue weighted by Crippen LogP contribution is -1.83. The van der Waals surface area contributed by atoms with Gasteiger partial charge in [-0.3, -0.25) is 0 Å². The second-order valence-electron chi connectivity index (χ2n) is 4.37. The van der Waals surface area contributed by atoms with Gasteiger partial charge in [0.2, 0.25) is 0 Å². The molecule has 3 heteroatoms. The smallest absolute Gasteiger partial charge is 0.162 e. The van der Waals surface area contributed by atoms with Crippen LogP contribution in [0, 0.1) is 0 Å². The fourth-order valence-corrected chi connectivity index (χ4v) is 2.22. The Bertz CT molecular complexity index is 623. The number of rotatable bonds is 2. The Morgan fingerprint density at radius 1 is 0.571 bits per heavy atom. The van der Waals surface area contributed by atoms with E-state index in [1.807, 2.05) is 0 Å². The fraction of sp³-hybridized carbons (Fsp3) is 0. The lowest BCUT2D eigenvalue weighted by atomic mass is 9.95. The molecule has 0 heterocycles. The van der Waals surface area contributed by atoms with E-state index in [0.717, 1.165) is 0 Å². The Morgan fingerprint density at radius 3 is 1.19 bits per heavy atom. The van der Waals surface area contributed by atoms with Gasteiger partial charge in [0.15, 0.2) is 0 Å². The van der Waals surface area contributed by atoms with Crippen molar-refractivity contribution < 1.29 is 9.46 Å². The van der Waals surface area contributed by atoms with Crippen molar-refractivity contribution in [1.29, 1.82) is 0 Å². The van der Waals surface area contributed by atoms with Crippen molar-refractivity contribution >= 4 is 8.69 Å². The standard InChI is InChI=1S/C18H14.HO2P/c1-3-9-15(10-4-1)17-13-7-8-14-18(17)16-11-5-2-6-12-16;1-3-2/h1-14H;3H/p+1. The lowest BCUT2D eigenvalue weighted by molar-refractivity contribution is 0.524. The van der Waals surface area contributed by atoms with Crippen LogP contribution in [0.15, 0.2) is 84.9 Å². The molecule has 0 fully saturated rings. The number of hydrogen-bond acceptors (Lipinski definition) is 1. The van der Waals surface area contributed by atoms with Gasteiger partial charge in [-0.2, -0.15) is 4.89 Å². The first-order valence-corrected chi connectivity index (χ1v) is 7.43. The van der Waals surface area contributed by atoms with Crippen molar-refractivity contribution in [2.24, 2.45) is 0 Å². The van der Waals surface area contributed by atoms with Gasteiger partial charge in [0.1, 0.15) is 0 Å². The predicted molar refractivity (Wildman–Crippen MR) is 88.5 cm³/mol. The summed E-state index contributed by atoms with van der Waals surface area (Å²) in [7, 11) is -1.17. The van der Waals surface area contributed by atoms with E-state index in [9.17, 15) is 0 Å². The molecule has 0 radical (unpaired) electrons. The van der Waals surface area contributed by atoms with E-state index in [1.165, 1.54) is 22.3 Å². The maximum absolute atomic E-state index is 8.51. The van der Waals surface area contributed by atoms with Gasteiger partial charge < -0.3 is 0 Å². The minimum absolute atomic E-state index is 1.17. The molecule has 3 aromatic rings. The van der Waals surface area contributed by atoms with Crippen LogP contribution in [0.3, 0.4) is 0 Å². The first kappa shape index (κ1) is 15.1. The van der Waals surface area contributed by atoms with Crippen molar-refractivity contribution in [2.45, 2.75) is 0 Å². The molecule has 0 saturated carbocycles. The molecule has 0 spiro atoms. The maximum atomic E-state index is 8.51. The van der Waals surface area contributed by atoms with Crippen LogP contribution in [0.1, 0.15) is 0 Å². The highest BCUT2D eigenvalue weighted by molar-refractivity contribution is 7.16. The van der Waals surface area contributed by atoms with Gasteiger partial charge in [-0.25, -0.2) is 0 Å². The summed E-state index contributed by atoms with van der Waals surface area (Å²) in [5.41, 5.74) is 5.09. The molecule has 0 aromatic heterocycles. The van der Waals surface area contributed by atoms with Crippen molar-refractivity contribution in [3.63, 3.8) is 0 Å². The van der Waals surface area contributed by atoms with Crippen molar-refractivity contribution in [2.75, 3.05) is 0 Å². The number of hydrogen-bond donors (Lipinski definition) is 1. The molecule has 1 unspecified atom stereocenters. The van der Waals surface area contributed by atoms with Crippen LogP contribution in [-0.4, -0.2) is 4.89 Å². The molecule has 0 aliphatic heterocycles. The van der Waals surface area contributed by atoms with Gasteiger partial charge in [0.25, 0.3) is 0 Å².